The van der Waals surface area contributed by atoms with Crippen LogP contribution >= 0.6 is 0 Å². The molecule has 0 spiro atoms. The summed E-state index contributed by atoms with van der Waals surface area (Å²) in [6, 6.07) is 18.1. The molecule has 1 unspecified atom stereocenters. The summed E-state index contributed by atoms with van der Waals surface area (Å²) < 4.78 is 5.21. The third-order valence-corrected chi connectivity index (χ3v) is 5.06. The molecule has 2 aromatic heterocycles. The van der Waals surface area contributed by atoms with Gasteiger partial charge in [0, 0.05) is 5.69 Å². The Morgan fingerprint density at radius 1 is 0.935 bits per heavy atom. The van der Waals surface area contributed by atoms with E-state index in [2.05, 4.69) is 20.8 Å². The molecule has 7 nitrogen and oxygen atoms in total. The molecule has 2 amide bonds. The van der Waals surface area contributed by atoms with Crippen LogP contribution in [0.5, 0.6) is 0 Å². The summed E-state index contributed by atoms with van der Waals surface area (Å²) in [7, 11) is 0. The molecule has 1 atom stereocenters. The summed E-state index contributed by atoms with van der Waals surface area (Å²) in [4.78, 5) is 30.3. The number of hydrogen-bond donors (Lipinski definition) is 2. The first-order chi connectivity index (χ1) is 14.9. The van der Waals surface area contributed by atoms with Gasteiger partial charge in [-0.3, -0.25) is 9.59 Å². The van der Waals surface area contributed by atoms with Gasteiger partial charge in [0.25, 0.3) is 17.5 Å². The lowest BCUT2D eigenvalue weighted by Gasteiger charge is -2.16. The van der Waals surface area contributed by atoms with Crippen molar-refractivity contribution < 1.29 is 14.1 Å². The third kappa shape index (κ3) is 4.16. The number of rotatable bonds is 5. The number of benzene rings is 2. The zero-order valence-electron chi connectivity index (χ0n) is 17.5. The van der Waals surface area contributed by atoms with Crippen LogP contribution in [-0.4, -0.2) is 22.0 Å². The van der Waals surface area contributed by atoms with Gasteiger partial charge < -0.3 is 15.2 Å². The summed E-state index contributed by atoms with van der Waals surface area (Å²) in [6.45, 7) is 5.45. The molecule has 4 rings (SSSR count). The minimum atomic E-state index is -0.363. The maximum absolute atomic E-state index is 13.1. The molecular formula is C24H22N4O3. The third-order valence-electron chi connectivity index (χ3n) is 5.06. The highest BCUT2D eigenvalue weighted by Gasteiger charge is 2.20. The molecule has 2 heterocycles. The smallest absolute Gasteiger partial charge is 0.258 e. The van der Waals surface area contributed by atoms with Crippen molar-refractivity contribution in [2.24, 2.45) is 0 Å². The quantitative estimate of drug-likeness (QED) is 0.498. The standard InChI is InChI=1S/C24H22N4O3/c1-14-13-19(21-16(3)28-31-24(21)25-14)23(30)27-20-12-8-7-11-18(20)22(29)26-15(2)17-9-5-4-6-10-17/h4-13,15H,1-3H3,(H,26,29)(H,27,30). The molecule has 2 aromatic carbocycles. The fourth-order valence-corrected chi connectivity index (χ4v) is 3.48. The highest BCUT2D eigenvalue weighted by molar-refractivity contribution is 6.14. The van der Waals surface area contributed by atoms with Gasteiger partial charge in [0.2, 0.25) is 0 Å². The summed E-state index contributed by atoms with van der Waals surface area (Å²) in [5, 5.41) is 10.3. The number of nitrogens with one attached hydrogen (secondary N) is 2. The first-order valence-corrected chi connectivity index (χ1v) is 9.94. The average Bonchev–Trinajstić information content (AvgIpc) is 3.14. The second-order valence-corrected chi connectivity index (χ2v) is 7.36. The molecule has 4 aromatic rings. The lowest BCUT2D eigenvalue weighted by atomic mass is 10.1. The van der Waals surface area contributed by atoms with Gasteiger partial charge in [0.05, 0.1) is 33.9 Å². The van der Waals surface area contributed by atoms with Gasteiger partial charge >= 0.3 is 0 Å². The van der Waals surface area contributed by atoms with Gasteiger partial charge in [0.1, 0.15) is 0 Å². The van der Waals surface area contributed by atoms with Crippen molar-refractivity contribution in [3.63, 3.8) is 0 Å². The Morgan fingerprint density at radius 3 is 2.42 bits per heavy atom. The van der Waals surface area contributed by atoms with Crippen LogP contribution < -0.4 is 10.6 Å². The number of pyridine rings is 1. The van der Waals surface area contributed by atoms with Crippen molar-refractivity contribution in [1.29, 1.82) is 0 Å². The second-order valence-electron chi connectivity index (χ2n) is 7.36. The SMILES string of the molecule is Cc1cc(C(=O)Nc2ccccc2C(=O)NC(C)c2ccccc2)c2c(C)noc2n1. The second kappa shape index (κ2) is 8.39. The maximum Gasteiger partial charge on any atom is 0.258 e. The Kier molecular flexibility index (Phi) is 5.49. The maximum atomic E-state index is 13.1. The van der Waals surface area contributed by atoms with E-state index in [0.29, 0.717) is 39.3 Å². The molecule has 0 saturated heterocycles. The minimum absolute atomic E-state index is 0.181. The van der Waals surface area contributed by atoms with Crippen molar-refractivity contribution >= 4 is 28.6 Å². The lowest BCUT2D eigenvalue weighted by Crippen LogP contribution is -2.28. The average molecular weight is 414 g/mol. The zero-order valence-corrected chi connectivity index (χ0v) is 17.5. The van der Waals surface area contributed by atoms with E-state index in [1.807, 2.05) is 37.3 Å². The monoisotopic (exact) mass is 414 g/mol. The number of fused-ring (bicyclic) bond motifs is 1. The summed E-state index contributed by atoms with van der Waals surface area (Å²) in [5.41, 5.74) is 3.71. The summed E-state index contributed by atoms with van der Waals surface area (Å²) >= 11 is 0. The topological polar surface area (TPSA) is 97.1 Å². The van der Waals surface area contributed by atoms with Crippen LogP contribution in [0.2, 0.25) is 0 Å². The lowest BCUT2D eigenvalue weighted by molar-refractivity contribution is 0.0940. The van der Waals surface area contributed by atoms with E-state index >= 15 is 0 Å². The van der Waals surface area contributed by atoms with E-state index in [9.17, 15) is 9.59 Å². The van der Waals surface area contributed by atoms with Crippen molar-refractivity contribution in [2.75, 3.05) is 5.32 Å². The predicted molar refractivity (Wildman–Crippen MR) is 118 cm³/mol. The van der Waals surface area contributed by atoms with E-state index in [1.54, 1.807) is 44.2 Å². The molecule has 0 radical (unpaired) electrons. The van der Waals surface area contributed by atoms with Crippen molar-refractivity contribution in [3.8, 4) is 0 Å². The number of nitrogens with zero attached hydrogens (tertiary/aromatic N) is 2. The normalized spacial score (nSPS) is 11.8. The fourth-order valence-electron chi connectivity index (χ4n) is 3.48. The van der Waals surface area contributed by atoms with E-state index in [0.717, 1.165) is 5.56 Å². The highest BCUT2D eigenvalue weighted by atomic mass is 16.5. The first-order valence-electron chi connectivity index (χ1n) is 9.94. The molecule has 7 heteroatoms. The van der Waals surface area contributed by atoms with Gasteiger partial charge in [-0.05, 0) is 44.5 Å². The van der Waals surface area contributed by atoms with E-state index in [4.69, 9.17) is 4.52 Å². The summed E-state index contributed by atoms with van der Waals surface area (Å²) in [5.74, 6) is -0.636. The number of anilines is 1. The molecular weight excluding hydrogens is 392 g/mol. The van der Waals surface area contributed by atoms with Gasteiger partial charge in [-0.1, -0.05) is 47.6 Å². The van der Waals surface area contributed by atoms with Crippen LogP contribution in [0.25, 0.3) is 11.1 Å². The van der Waals surface area contributed by atoms with Gasteiger partial charge in [-0.15, -0.1) is 0 Å². The number of aryl methyl sites for hydroxylation is 2. The zero-order chi connectivity index (χ0) is 22.0. The van der Waals surface area contributed by atoms with Gasteiger partial charge in [-0.2, -0.15) is 0 Å². The van der Waals surface area contributed by atoms with E-state index < -0.39 is 0 Å². The van der Waals surface area contributed by atoms with Crippen LogP contribution in [0.3, 0.4) is 0 Å². The van der Waals surface area contributed by atoms with Gasteiger partial charge in [0.15, 0.2) is 0 Å². The molecule has 0 fully saturated rings. The van der Waals surface area contributed by atoms with Crippen LogP contribution in [0, 0.1) is 13.8 Å². The Hall–Kier alpha value is -4.00. The number of hydrogen-bond acceptors (Lipinski definition) is 5. The first kappa shape index (κ1) is 20.3. The Balaban J connectivity index is 1.60. The molecule has 0 aliphatic rings. The van der Waals surface area contributed by atoms with Crippen LogP contribution in [0.15, 0.2) is 65.2 Å². The minimum Gasteiger partial charge on any atom is -0.345 e. The Morgan fingerprint density at radius 2 is 1.65 bits per heavy atom. The molecule has 31 heavy (non-hydrogen) atoms. The molecule has 0 aliphatic heterocycles. The number of carbonyl (C=O) groups is 2. The number of amides is 2. The van der Waals surface area contributed by atoms with Gasteiger partial charge in [-0.25, -0.2) is 4.98 Å². The highest BCUT2D eigenvalue weighted by Crippen LogP contribution is 2.24. The number of aromatic nitrogens is 2. The van der Waals surface area contributed by atoms with Crippen LogP contribution in [0.1, 0.15) is 50.6 Å². The Bertz CT molecular complexity index is 1260. The molecule has 156 valence electrons. The molecule has 0 saturated carbocycles. The molecule has 2 N–H and O–H groups in total. The molecule has 0 aliphatic carbocycles. The van der Waals surface area contributed by atoms with Crippen molar-refractivity contribution in [1.82, 2.24) is 15.5 Å². The van der Waals surface area contributed by atoms with Crippen LogP contribution in [0.4, 0.5) is 5.69 Å². The summed E-state index contributed by atoms with van der Waals surface area (Å²) in [6.07, 6.45) is 0. The van der Waals surface area contributed by atoms with E-state index in [-0.39, 0.29) is 17.9 Å². The number of para-hydroxylation sites is 1. The van der Waals surface area contributed by atoms with E-state index in [1.165, 1.54) is 0 Å². The molecule has 0 bridgehead atoms. The van der Waals surface area contributed by atoms with Crippen molar-refractivity contribution in [3.05, 3.63) is 88.7 Å². The Labute approximate surface area is 179 Å². The van der Waals surface area contributed by atoms with Crippen LogP contribution in [-0.2, 0) is 0 Å². The van der Waals surface area contributed by atoms with Crippen molar-refractivity contribution in [2.45, 2.75) is 26.8 Å². The fraction of sp³-hybridized carbons (Fsp3) is 0.167. The largest absolute Gasteiger partial charge is 0.345 e. The predicted octanol–water partition coefficient (Wildman–Crippen LogP) is 4.58. The number of carbonyl (C=O) groups excluding carboxylic acids is 2.